The molecule has 0 bridgehead atoms. The summed E-state index contributed by atoms with van der Waals surface area (Å²) >= 11 is 0. The highest BCUT2D eigenvalue weighted by atomic mass is 19.2. The molecule has 4 heteroatoms. The van der Waals surface area contributed by atoms with E-state index in [2.05, 4.69) is 26.1 Å². The summed E-state index contributed by atoms with van der Waals surface area (Å²) < 4.78 is 26.3. The molecule has 1 aromatic rings. The molecule has 18 heavy (non-hydrogen) atoms. The summed E-state index contributed by atoms with van der Waals surface area (Å²) in [5.74, 6) is -2.45. The molecule has 1 N–H and O–H groups in total. The first kappa shape index (κ1) is 14.6. The minimum absolute atomic E-state index is 0.0494. The van der Waals surface area contributed by atoms with E-state index in [9.17, 15) is 13.6 Å². The molecule has 0 aliphatic heterocycles. The Labute approximate surface area is 106 Å². The molecule has 1 atom stereocenters. The average Bonchev–Trinajstić information content (AvgIpc) is 2.27. The topological polar surface area (TPSA) is 29.1 Å². The van der Waals surface area contributed by atoms with Crippen molar-refractivity contribution in [1.82, 2.24) is 5.32 Å². The van der Waals surface area contributed by atoms with E-state index in [4.69, 9.17) is 0 Å². The van der Waals surface area contributed by atoms with E-state index < -0.39 is 17.5 Å². The third-order valence-corrected chi connectivity index (χ3v) is 3.24. The number of halogens is 2. The lowest BCUT2D eigenvalue weighted by Crippen LogP contribution is -2.34. The molecule has 0 saturated heterocycles. The summed E-state index contributed by atoms with van der Waals surface area (Å²) in [6.45, 7) is 8.62. The average molecular weight is 255 g/mol. The lowest BCUT2D eigenvalue weighted by Gasteiger charge is -2.27. The zero-order valence-electron chi connectivity index (χ0n) is 11.2. The number of rotatable bonds is 3. The summed E-state index contributed by atoms with van der Waals surface area (Å²) in [6.07, 6.45) is 0. The second-order valence-electron chi connectivity index (χ2n) is 5.58. The quantitative estimate of drug-likeness (QED) is 0.881. The van der Waals surface area contributed by atoms with Gasteiger partial charge in [-0.1, -0.05) is 33.8 Å². The Hall–Kier alpha value is -1.45. The number of hydrogen-bond donors (Lipinski definition) is 1. The van der Waals surface area contributed by atoms with Crippen LogP contribution in [0.5, 0.6) is 0 Å². The lowest BCUT2D eigenvalue weighted by molar-refractivity contribution is 0.0932. The minimum Gasteiger partial charge on any atom is -0.352 e. The van der Waals surface area contributed by atoms with Crippen molar-refractivity contribution in [3.05, 3.63) is 35.4 Å². The highest BCUT2D eigenvalue weighted by Gasteiger charge is 2.21. The smallest absolute Gasteiger partial charge is 0.254 e. The Morgan fingerprint density at radius 2 is 1.94 bits per heavy atom. The molecule has 0 aliphatic carbocycles. The fourth-order valence-electron chi connectivity index (χ4n) is 1.33. The maximum atomic E-state index is 13.4. The molecular formula is C14H19F2NO. The van der Waals surface area contributed by atoms with Crippen LogP contribution in [0.25, 0.3) is 0 Å². The third-order valence-electron chi connectivity index (χ3n) is 3.24. The number of nitrogens with one attached hydrogen (secondary N) is 1. The molecule has 2 nitrogen and oxygen atoms in total. The lowest BCUT2D eigenvalue weighted by atomic mass is 9.82. The molecule has 100 valence electrons. The second kappa shape index (κ2) is 5.46. The normalized spacial score (nSPS) is 13.2. The largest absolute Gasteiger partial charge is 0.352 e. The summed E-state index contributed by atoms with van der Waals surface area (Å²) in [6, 6.07) is 3.58. The fourth-order valence-corrected chi connectivity index (χ4v) is 1.33. The van der Waals surface area contributed by atoms with Crippen molar-refractivity contribution >= 4 is 5.91 Å². The molecule has 1 aromatic carbocycles. The van der Waals surface area contributed by atoms with Crippen molar-refractivity contribution < 1.29 is 13.6 Å². The van der Waals surface area contributed by atoms with Crippen molar-refractivity contribution in [2.24, 2.45) is 11.3 Å². The van der Waals surface area contributed by atoms with Crippen LogP contribution in [0.15, 0.2) is 18.2 Å². The molecule has 0 radical (unpaired) electrons. The van der Waals surface area contributed by atoms with Gasteiger partial charge in [-0.25, -0.2) is 8.78 Å². The first-order chi connectivity index (χ1) is 8.23. The minimum atomic E-state index is -1.10. The van der Waals surface area contributed by atoms with Crippen LogP contribution in [-0.4, -0.2) is 12.5 Å². The van der Waals surface area contributed by atoms with Crippen molar-refractivity contribution in [2.75, 3.05) is 6.54 Å². The fraction of sp³-hybridized carbons (Fsp3) is 0.500. The van der Waals surface area contributed by atoms with E-state index in [1.165, 1.54) is 12.1 Å². The number of carbonyl (C=O) groups is 1. The van der Waals surface area contributed by atoms with E-state index >= 15 is 0 Å². The highest BCUT2D eigenvalue weighted by molar-refractivity contribution is 5.94. The van der Waals surface area contributed by atoms with Gasteiger partial charge in [0.15, 0.2) is 11.6 Å². The van der Waals surface area contributed by atoms with Crippen LogP contribution in [0.2, 0.25) is 0 Å². The van der Waals surface area contributed by atoms with Gasteiger partial charge >= 0.3 is 0 Å². The van der Waals surface area contributed by atoms with Gasteiger partial charge in [0, 0.05) is 6.54 Å². The number of carbonyl (C=O) groups excluding carboxylic acids is 1. The Bertz CT molecular complexity index is 438. The van der Waals surface area contributed by atoms with Crippen LogP contribution in [0.4, 0.5) is 8.78 Å². The Morgan fingerprint density at radius 3 is 2.50 bits per heavy atom. The molecule has 0 heterocycles. The maximum absolute atomic E-state index is 13.4. The summed E-state index contributed by atoms with van der Waals surface area (Å²) in [5.41, 5.74) is -0.204. The second-order valence-corrected chi connectivity index (χ2v) is 5.58. The summed E-state index contributed by atoms with van der Waals surface area (Å²) in [4.78, 5) is 11.7. The van der Waals surface area contributed by atoms with Crippen molar-refractivity contribution in [2.45, 2.75) is 27.7 Å². The van der Waals surface area contributed by atoms with E-state index in [1.807, 2.05) is 6.92 Å². The molecular weight excluding hydrogens is 236 g/mol. The van der Waals surface area contributed by atoms with Gasteiger partial charge in [-0.05, 0) is 23.5 Å². The van der Waals surface area contributed by atoms with Gasteiger partial charge in [0.1, 0.15) is 0 Å². The monoisotopic (exact) mass is 255 g/mol. The van der Waals surface area contributed by atoms with Gasteiger partial charge in [0.25, 0.3) is 5.91 Å². The predicted molar refractivity (Wildman–Crippen MR) is 67.3 cm³/mol. The zero-order valence-corrected chi connectivity index (χ0v) is 11.2. The van der Waals surface area contributed by atoms with Gasteiger partial charge < -0.3 is 5.32 Å². The number of amides is 1. The molecule has 1 amide bonds. The third kappa shape index (κ3) is 3.52. The Balaban J connectivity index is 2.70. The van der Waals surface area contributed by atoms with Gasteiger partial charge in [-0.15, -0.1) is 0 Å². The van der Waals surface area contributed by atoms with Crippen LogP contribution in [0, 0.1) is 23.0 Å². The van der Waals surface area contributed by atoms with Crippen LogP contribution < -0.4 is 5.32 Å². The van der Waals surface area contributed by atoms with Crippen LogP contribution >= 0.6 is 0 Å². The molecule has 0 aliphatic rings. The summed E-state index contributed by atoms with van der Waals surface area (Å²) in [5, 5.41) is 2.63. The van der Waals surface area contributed by atoms with Gasteiger partial charge in [0.2, 0.25) is 0 Å². The van der Waals surface area contributed by atoms with E-state index in [0.717, 1.165) is 6.07 Å². The maximum Gasteiger partial charge on any atom is 0.254 e. The molecule has 0 fully saturated rings. The van der Waals surface area contributed by atoms with E-state index in [1.54, 1.807) is 0 Å². The predicted octanol–water partition coefficient (Wildman–Crippen LogP) is 3.38. The van der Waals surface area contributed by atoms with Crippen molar-refractivity contribution in [1.29, 1.82) is 0 Å². The van der Waals surface area contributed by atoms with Crippen molar-refractivity contribution in [3.8, 4) is 0 Å². The van der Waals surface area contributed by atoms with Crippen molar-refractivity contribution in [3.63, 3.8) is 0 Å². The number of benzene rings is 1. The molecule has 0 spiro atoms. The zero-order chi connectivity index (χ0) is 13.9. The van der Waals surface area contributed by atoms with Gasteiger partial charge in [-0.2, -0.15) is 0 Å². The summed E-state index contributed by atoms with van der Waals surface area (Å²) in [7, 11) is 0. The molecule has 0 aromatic heterocycles. The van der Waals surface area contributed by atoms with E-state index in [0.29, 0.717) is 6.54 Å². The number of hydrogen-bond acceptors (Lipinski definition) is 1. The van der Waals surface area contributed by atoms with E-state index in [-0.39, 0.29) is 16.9 Å². The SMILES string of the molecule is CC(CNC(=O)c1cccc(F)c1F)C(C)(C)C. The molecule has 1 unspecified atom stereocenters. The van der Waals surface area contributed by atoms with Crippen LogP contribution in [0.3, 0.4) is 0 Å². The van der Waals surface area contributed by atoms with Crippen LogP contribution in [0.1, 0.15) is 38.1 Å². The first-order valence-corrected chi connectivity index (χ1v) is 5.95. The highest BCUT2D eigenvalue weighted by Crippen LogP contribution is 2.24. The molecule has 0 saturated carbocycles. The Kier molecular flexibility index (Phi) is 4.43. The molecule has 1 rings (SSSR count). The standard InChI is InChI=1S/C14H19F2NO/c1-9(14(2,3)4)8-17-13(18)10-6-5-7-11(15)12(10)16/h5-7,9H,8H2,1-4H3,(H,17,18). The first-order valence-electron chi connectivity index (χ1n) is 5.95. The van der Waals surface area contributed by atoms with Gasteiger partial charge in [0.05, 0.1) is 5.56 Å². The van der Waals surface area contributed by atoms with Gasteiger partial charge in [-0.3, -0.25) is 4.79 Å². The van der Waals surface area contributed by atoms with Crippen LogP contribution in [-0.2, 0) is 0 Å². The Morgan fingerprint density at radius 1 is 1.33 bits per heavy atom.